The van der Waals surface area contributed by atoms with Crippen molar-refractivity contribution in [1.29, 1.82) is 0 Å². The first-order valence-corrected chi connectivity index (χ1v) is 6.23. The summed E-state index contributed by atoms with van der Waals surface area (Å²) in [5, 5.41) is 3.06. The first-order valence-electron chi connectivity index (χ1n) is 5.44. The van der Waals surface area contributed by atoms with Gasteiger partial charge in [0.25, 0.3) is 0 Å². The molecule has 94 valence electrons. The highest BCUT2D eigenvalue weighted by molar-refractivity contribution is 9.10. The van der Waals surface area contributed by atoms with Gasteiger partial charge in [-0.1, -0.05) is 6.92 Å². The van der Waals surface area contributed by atoms with E-state index in [-0.39, 0.29) is 5.82 Å². The Labute approximate surface area is 113 Å². The van der Waals surface area contributed by atoms with E-state index in [2.05, 4.69) is 31.2 Å². The number of nitrogens with two attached hydrogens (primary N) is 1. The molecule has 3 N–H and O–H groups in total. The number of benzene rings is 1. The van der Waals surface area contributed by atoms with Crippen LogP contribution in [0.4, 0.5) is 21.7 Å². The van der Waals surface area contributed by atoms with Gasteiger partial charge in [-0.25, -0.2) is 14.4 Å². The molecule has 0 radical (unpaired) electrons. The molecule has 1 aromatic carbocycles. The number of halogens is 2. The van der Waals surface area contributed by atoms with Crippen LogP contribution in [-0.4, -0.2) is 9.97 Å². The van der Waals surface area contributed by atoms with E-state index in [9.17, 15) is 4.39 Å². The van der Waals surface area contributed by atoms with Crippen molar-refractivity contribution in [3.63, 3.8) is 0 Å². The Morgan fingerprint density at radius 1 is 1.33 bits per heavy atom. The third-order valence-corrected chi connectivity index (χ3v) is 2.91. The second kappa shape index (κ2) is 5.30. The Kier molecular flexibility index (Phi) is 3.76. The number of aryl methyl sites for hydroxylation is 1. The number of nitrogen functional groups attached to an aromatic ring is 1. The van der Waals surface area contributed by atoms with Crippen LogP contribution in [0.2, 0.25) is 0 Å². The van der Waals surface area contributed by atoms with Gasteiger partial charge in [0.15, 0.2) is 0 Å². The van der Waals surface area contributed by atoms with Crippen molar-refractivity contribution in [3.05, 3.63) is 40.4 Å². The van der Waals surface area contributed by atoms with Gasteiger partial charge in [0, 0.05) is 18.2 Å². The minimum Gasteiger partial charge on any atom is -0.384 e. The Morgan fingerprint density at radius 3 is 2.78 bits per heavy atom. The lowest BCUT2D eigenvalue weighted by atomic mass is 10.3. The van der Waals surface area contributed by atoms with E-state index in [0.29, 0.717) is 28.4 Å². The standard InChI is InChI=1S/C12H12BrFN4/c1-2-11-17-10(15)6-12(18-11)16-7-3-4-9(14)8(13)5-7/h3-6H,2H2,1H3,(H3,15,16,17,18). The van der Waals surface area contributed by atoms with Gasteiger partial charge in [0.1, 0.15) is 23.3 Å². The molecule has 0 bridgehead atoms. The quantitative estimate of drug-likeness (QED) is 0.913. The first kappa shape index (κ1) is 12.8. The van der Waals surface area contributed by atoms with E-state index in [4.69, 9.17) is 5.73 Å². The average molecular weight is 311 g/mol. The fourth-order valence-electron chi connectivity index (χ4n) is 1.46. The molecular weight excluding hydrogens is 299 g/mol. The normalized spacial score (nSPS) is 10.4. The van der Waals surface area contributed by atoms with Gasteiger partial charge in [-0.15, -0.1) is 0 Å². The van der Waals surface area contributed by atoms with Crippen molar-refractivity contribution in [2.24, 2.45) is 0 Å². The van der Waals surface area contributed by atoms with Crippen molar-refractivity contribution in [2.45, 2.75) is 13.3 Å². The summed E-state index contributed by atoms with van der Waals surface area (Å²) in [6.07, 6.45) is 0.701. The Morgan fingerprint density at radius 2 is 2.11 bits per heavy atom. The lowest BCUT2D eigenvalue weighted by molar-refractivity contribution is 0.621. The molecule has 0 fully saturated rings. The van der Waals surface area contributed by atoms with Crippen molar-refractivity contribution >= 4 is 33.3 Å². The van der Waals surface area contributed by atoms with Gasteiger partial charge < -0.3 is 11.1 Å². The molecule has 0 aliphatic rings. The van der Waals surface area contributed by atoms with Gasteiger partial charge in [0.2, 0.25) is 0 Å². The van der Waals surface area contributed by atoms with Crippen molar-refractivity contribution in [3.8, 4) is 0 Å². The largest absolute Gasteiger partial charge is 0.384 e. The molecule has 0 atom stereocenters. The third kappa shape index (κ3) is 2.95. The first-order chi connectivity index (χ1) is 8.58. The van der Waals surface area contributed by atoms with Gasteiger partial charge in [-0.05, 0) is 34.1 Å². The molecule has 0 aliphatic heterocycles. The minimum atomic E-state index is -0.308. The number of hydrogen-bond donors (Lipinski definition) is 2. The highest BCUT2D eigenvalue weighted by Gasteiger charge is 2.04. The molecule has 18 heavy (non-hydrogen) atoms. The van der Waals surface area contributed by atoms with Crippen LogP contribution >= 0.6 is 15.9 Å². The molecule has 0 spiro atoms. The summed E-state index contributed by atoms with van der Waals surface area (Å²) in [6, 6.07) is 6.28. The molecule has 2 aromatic rings. The van der Waals surface area contributed by atoms with Crippen LogP contribution in [0.1, 0.15) is 12.7 Å². The predicted octanol–water partition coefficient (Wildman–Crippen LogP) is 3.27. The maximum atomic E-state index is 13.1. The molecule has 0 amide bonds. The monoisotopic (exact) mass is 310 g/mol. The molecule has 6 heteroatoms. The fraction of sp³-hybridized carbons (Fsp3) is 0.167. The van der Waals surface area contributed by atoms with E-state index in [1.165, 1.54) is 6.07 Å². The van der Waals surface area contributed by atoms with E-state index >= 15 is 0 Å². The van der Waals surface area contributed by atoms with Gasteiger partial charge in [0.05, 0.1) is 4.47 Å². The molecule has 1 heterocycles. The zero-order valence-electron chi connectivity index (χ0n) is 9.74. The van der Waals surface area contributed by atoms with Crippen molar-refractivity contribution in [1.82, 2.24) is 9.97 Å². The number of anilines is 3. The van der Waals surface area contributed by atoms with Crippen LogP contribution in [0.5, 0.6) is 0 Å². The highest BCUT2D eigenvalue weighted by Crippen LogP contribution is 2.22. The SMILES string of the molecule is CCc1nc(N)cc(Nc2ccc(F)c(Br)c2)n1. The Hall–Kier alpha value is -1.69. The van der Waals surface area contributed by atoms with Gasteiger partial charge in [-0.2, -0.15) is 0 Å². The molecule has 2 rings (SSSR count). The summed E-state index contributed by atoms with van der Waals surface area (Å²) in [5.41, 5.74) is 6.41. The van der Waals surface area contributed by atoms with Crippen LogP contribution in [0.25, 0.3) is 0 Å². The second-order valence-electron chi connectivity index (χ2n) is 3.70. The highest BCUT2D eigenvalue weighted by atomic mass is 79.9. The topological polar surface area (TPSA) is 63.8 Å². The summed E-state index contributed by atoms with van der Waals surface area (Å²) < 4.78 is 13.5. The molecule has 0 saturated heterocycles. The molecule has 1 aromatic heterocycles. The maximum absolute atomic E-state index is 13.1. The van der Waals surface area contributed by atoms with Crippen LogP contribution in [-0.2, 0) is 6.42 Å². The zero-order valence-corrected chi connectivity index (χ0v) is 11.3. The number of nitrogens with one attached hydrogen (secondary N) is 1. The van der Waals surface area contributed by atoms with Crippen molar-refractivity contribution in [2.75, 3.05) is 11.1 Å². The Bertz CT molecular complexity index is 574. The van der Waals surface area contributed by atoms with Crippen LogP contribution in [0.15, 0.2) is 28.7 Å². The maximum Gasteiger partial charge on any atom is 0.137 e. The molecule has 0 unspecified atom stereocenters. The fourth-order valence-corrected chi connectivity index (χ4v) is 1.84. The zero-order chi connectivity index (χ0) is 13.1. The van der Waals surface area contributed by atoms with E-state index in [1.807, 2.05) is 6.92 Å². The Balaban J connectivity index is 2.27. The predicted molar refractivity (Wildman–Crippen MR) is 73.2 cm³/mol. The summed E-state index contributed by atoms with van der Waals surface area (Å²) in [5.74, 6) is 1.36. The second-order valence-corrected chi connectivity index (χ2v) is 4.56. The molecule has 0 aliphatic carbocycles. The van der Waals surface area contributed by atoms with E-state index in [0.717, 1.165) is 5.69 Å². The molecular formula is C12H12BrFN4. The van der Waals surface area contributed by atoms with E-state index < -0.39 is 0 Å². The van der Waals surface area contributed by atoms with Crippen LogP contribution < -0.4 is 11.1 Å². The summed E-state index contributed by atoms with van der Waals surface area (Å²) in [6.45, 7) is 1.95. The number of hydrogen-bond acceptors (Lipinski definition) is 4. The third-order valence-electron chi connectivity index (χ3n) is 2.30. The van der Waals surface area contributed by atoms with Gasteiger partial charge in [-0.3, -0.25) is 0 Å². The summed E-state index contributed by atoms with van der Waals surface area (Å²) in [4.78, 5) is 8.37. The van der Waals surface area contributed by atoms with Crippen molar-refractivity contribution < 1.29 is 4.39 Å². The molecule has 0 saturated carbocycles. The summed E-state index contributed by atoms with van der Waals surface area (Å²) in [7, 11) is 0. The average Bonchev–Trinajstić information content (AvgIpc) is 2.33. The number of aromatic nitrogens is 2. The lowest BCUT2D eigenvalue weighted by Gasteiger charge is -2.08. The smallest absolute Gasteiger partial charge is 0.137 e. The lowest BCUT2D eigenvalue weighted by Crippen LogP contribution is -2.02. The van der Waals surface area contributed by atoms with Crippen LogP contribution in [0.3, 0.4) is 0 Å². The molecule has 4 nitrogen and oxygen atoms in total. The van der Waals surface area contributed by atoms with Gasteiger partial charge >= 0.3 is 0 Å². The number of nitrogens with zero attached hydrogens (tertiary/aromatic N) is 2. The summed E-state index contributed by atoms with van der Waals surface area (Å²) >= 11 is 3.13. The minimum absolute atomic E-state index is 0.308. The number of rotatable bonds is 3. The van der Waals surface area contributed by atoms with E-state index in [1.54, 1.807) is 18.2 Å². The van der Waals surface area contributed by atoms with Crippen LogP contribution in [0, 0.1) is 5.82 Å².